The van der Waals surface area contributed by atoms with E-state index in [2.05, 4.69) is 0 Å². The number of anilines is 1. The van der Waals surface area contributed by atoms with Gasteiger partial charge in [-0.1, -0.05) is 0 Å². The van der Waals surface area contributed by atoms with Gasteiger partial charge in [-0.15, -0.1) is 0 Å². The Kier molecular flexibility index (Phi) is 6.46. The van der Waals surface area contributed by atoms with Gasteiger partial charge >= 0.3 is 5.97 Å². The van der Waals surface area contributed by atoms with Gasteiger partial charge < -0.3 is 16.2 Å². The molecular weight excluding hydrogens is 419 g/mol. The lowest BCUT2D eigenvalue weighted by Crippen LogP contribution is -2.48. The molecule has 0 saturated heterocycles. The van der Waals surface area contributed by atoms with Crippen LogP contribution in [0.3, 0.4) is 0 Å². The Morgan fingerprint density at radius 3 is 2.44 bits per heavy atom. The predicted molar refractivity (Wildman–Crippen MR) is 119 cm³/mol. The monoisotopic (exact) mass is 445 g/mol. The summed E-state index contributed by atoms with van der Waals surface area (Å²) in [5.74, 6) is -2.97. The van der Waals surface area contributed by atoms with Crippen molar-refractivity contribution in [3.8, 4) is 0 Å². The molecule has 0 bridgehead atoms. The number of rotatable bonds is 6. The van der Waals surface area contributed by atoms with Crippen molar-refractivity contribution in [1.29, 1.82) is 5.41 Å². The number of carbonyl (C=O) groups is 1. The average Bonchev–Trinajstić information content (AvgIpc) is 2.66. The van der Waals surface area contributed by atoms with E-state index in [9.17, 15) is 9.18 Å². The number of nitrogen functional groups attached to an aromatic ring is 1. The molecule has 32 heavy (non-hydrogen) atoms. The van der Waals surface area contributed by atoms with Crippen LogP contribution >= 0.6 is 0 Å². The second kappa shape index (κ2) is 8.78. The summed E-state index contributed by atoms with van der Waals surface area (Å²) in [6.45, 7) is 4.61. The zero-order chi connectivity index (χ0) is 23.8. The second-order valence-electron chi connectivity index (χ2n) is 8.74. The van der Waals surface area contributed by atoms with Crippen molar-refractivity contribution < 1.29 is 23.1 Å². The first-order valence-corrected chi connectivity index (χ1v) is 10.2. The van der Waals surface area contributed by atoms with Gasteiger partial charge in [-0.3, -0.25) is 4.90 Å². The molecule has 5 nitrogen and oxygen atoms in total. The molecule has 2 unspecified atom stereocenters. The molecule has 4 N–H and O–H groups in total. The van der Waals surface area contributed by atoms with E-state index in [1.165, 1.54) is 13.8 Å². The first kappa shape index (κ1) is 23.5. The Balaban J connectivity index is 2.24. The lowest BCUT2D eigenvalue weighted by atomic mass is 9.82. The number of fused-ring (bicyclic) bond motifs is 1. The van der Waals surface area contributed by atoms with E-state index in [0.29, 0.717) is 23.2 Å². The number of aliphatic carboxylic acids is 1. The molecule has 1 aliphatic rings. The minimum absolute atomic E-state index is 0.0603. The topological polar surface area (TPSA) is 90.4 Å². The number of nitrogens with two attached hydrogens (primary N) is 1. The first-order valence-electron chi connectivity index (χ1n) is 10.2. The largest absolute Gasteiger partial charge is 0.478 e. The van der Waals surface area contributed by atoms with E-state index < -0.39 is 29.3 Å². The smallest absolute Gasteiger partial charge is 0.328 e. The van der Waals surface area contributed by atoms with E-state index >= 15 is 8.78 Å². The fourth-order valence-electron chi connectivity index (χ4n) is 4.25. The van der Waals surface area contributed by atoms with Gasteiger partial charge in [-0.05, 0) is 74.2 Å². The molecule has 0 spiro atoms. The molecule has 0 amide bonds. The lowest BCUT2D eigenvalue weighted by molar-refractivity contribution is -0.131. The van der Waals surface area contributed by atoms with Gasteiger partial charge in [0.05, 0.1) is 6.04 Å². The Morgan fingerprint density at radius 1 is 1.28 bits per heavy atom. The van der Waals surface area contributed by atoms with Crippen molar-refractivity contribution in [3.63, 3.8) is 0 Å². The van der Waals surface area contributed by atoms with Crippen LogP contribution in [0.1, 0.15) is 54.6 Å². The van der Waals surface area contributed by atoms with E-state index in [1.54, 1.807) is 17.0 Å². The molecule has 0 fully saturated rings. The number of benzene rings is 2. The van der Waals surface area contributed by atoms with Crippen LogP contribution in [0.2, 0.25) is 0 Å². The summed E-state index contributed by atoms with van der Waals surface area (Å²) < 4.78 is 45.3. The number of hydrogen-bond acceptors (Lipinski definition) is 4. The van der Waals surface area contributed by atoms with E-state index in [-0.39, 0.29) is 23.7 Å². The Hall–Kier alpha value is -3.13. The highest BCUT2D eigenvalue weighted by molar-refractivity contribution is 5.86. The van der Waals surface area contributed by atoms with E-state index in [4.69, 9.17) is 16.2 Å². The zero-order valence-electron chi connectivity index (χ0n) is 18.1. The zero-order valence-corrected chi connectivity index (χ0v) is 18.1. The summed E-state index contributed by atoms with van der Waals surface area (Å²) in [7, 11) is 0. The summed E-state index contributed by atoms with van der Waals surface area (Å²) in [5, 5.41) is 16.4. The molecule has 0 saturated carbocycles. The molecule has 0 aliphatic carbocycles. The normalized spacial score (nSPS) is 19.2. The van der Waals surface area contributed by atoms with Crippen LogP contribution in [0.4, 0.5) is 18.9 Å². The molecule has 1 aliphatic heterocycles. The van der Waals surface area contributed by atoms with Gasteiger partial charge in [0, 0.05) is 41.7 Å². The molecule has 170 valence electrons. The van der Waals surface area contributed by atoms with Crippen molar-refractivity contribution in [2.45, 2.75) is 44.9 Å². The molecule has 0 aromatic heterocycles. The molecule has 0 radical (unpaired) electrons. The maximum atomic E-state index is 15.3. The minimum atomic E-state index is -1.63. The summed E-state index contributed by atoms with van der Waals surface area (Å²) in [4.78, 5) is 12.5. The fourth-order valence-corrected chi connectivity index (χ4v) is 4.25. The maximum Gasteiger partial charge on any atom is 0.328 e. The third kappa shape index (κ3) is 4.85. The maximum absolute atomic E-state index is 15.3. The highest BCUT2D eigenvalue weighted by Gasteiger charge is 2.39. The number of nitrogens with one attached hydrogen (secondary N) is 1. The fraction of sp³-hybridized carbons (Fsp3) is 0.333. The Labute approximate surface area is 184 Å². The number of nitrogens with zero attached hydrogens (tertiary/aromatic N) is 1. The van der Waals surface area contributed by atoms with Gasteiger partial charge in [0.2, 0.25) is 0 Å². The lowest BCUT2D eigenvalue weighted by Gasteiger charge is -2.44. The number of hydrogen-bond donors (Lipinski definition) is 3. The summed E-state index contributed by atoms with van der Waals surface area (Å²) >= 11 is 0. The van der Waals surface area contributed by atoms with Gasteiger partial charge in [0.1, 0.15) is 17.3 Å². The quantitative estimate of drug-likeness (QED) is 0.341. The molecule has 1 heterocycles. The molecule has 2 aromatic rings. The first-order chi connectivity index (χ1) is 14.9. The van der Waals surface area contributed by atoms with Gasteiger partial charge in [-0.2, -0.15) is 0 Å². The SMILES string of the molecule is CC1Cc2cc(N)c(C=N)cc2C(c2c(F)cc(/C=C/C(=O)O)cc2F)N1CC(C)(C)F. The van der Waals surface area contributed by atoms with Crippen molar-refractivity contribution >= 4 is 23.9 Å². The Morgan fingerprint density at radius 2 is 1.91 bits per heavy atom. The van der Waals surface area contributed by atoms with Gasteiger partial charge in [0.15, 0.2) is 0 Å². The van der Waals surface area contributed by atoms with Crippen molar-refractivity contribution in [2.24, 2.45) is 0 Å². The van der Waals surface area contributed by atoms with Crippen LogP contribution in [0.15, 0.2) is 30.3 Å². The summed E-state index contributed by atoms with van der Waals surface area (Å²) in [6.07, 6.45) is 3.47. The van der Waals surface area contributed by atoms with Crippen LogP contribution in [-0.4, -0.2) is 40.4 Å². The predicted octanol–water partition coefficient (Wildman–Crippen LogP) is 4.73. The average molecular weight is 445 g/mol. The van der Waals surface area contributed by atoms with Crippen LogP contribution in [0.25, 0.3) is 6.08 Å². The minimum Gasteiger partial charge on any atom is -0.478 e. The molecule has 2 aromatic carbocycles. The number of halogens is 3. The Bertz CT molecular complexity index is 1070. The molecule has 8 heteroatoms. The van der Waals surface area contributed by atoms with Gasteiger partial charge in [-0.25, -0.2) is 18.0 Å². The van der Waals surface area contributed by atoms with E-state index in [0.717, 1.165) is 36.1 Å². The van der Waals surface area contributed by atoms with Crippen LogP contribution < -0.4 is 5.73 Å². The second-order valence-corrected chi connectivity index (χ2v) is 8.74. The standard InChI is InChI=1S/C24H26F3N3O2/c1-13-6-15-10-20(29)16(11-28)9-17(15)23(30(13)12-24(2,3)27)22-18(25)7-14(8-19(22)26)4-5-21(31)32/h4-5,7-11,13,23,28H,6,12,29H2,1-3H3,(H,31,32)/b5-4+,28-11?. The van der Waals surface area contributed by atoms with Crippen molar-refractivity contribution in [3.05, 3.63) is 69.8 Å². The number of alkyl halides is 1. The van der Waals surface area contributed by atoms with Crippen LogP contribution in [0, 0.1) is 17.0 Å². The van der Waals surface area contributed by atoms with Crippen molar-refractivity contribution in [2.75, 3.05) is 12.3 Å². The number of carboxylic acids is 1. The van der Waals surface area contributed by atoms with Crippen molar-refractivity contribution in [1.82, 2.24) is 4.90 Å². The molecule has 3 rings (SSSR count). The summed E-state index contributed by atoms with van der Waals surface area (Å²) in [5.41, 5.74) is 6.35. The van der Waals surface area contributed by atoms with E-state index in [1.807, 2.05) is 6.92 Å². The van der Waals surface area contributed by atoms with Gasteiger partial charge in [0.25, 0.3) is 0 Å². The number of carboxylic acid groups (broad SMARTS) is 1. The third-order valence-electron chi connectivity index (χ3n) is 5.56. The molecule has 2 atom stereocenters. The molecular formula is C24H26F3N3O2. The highest BCUT2D eigenvalue weighted by atomic mass is 19.1. The third-order valence-corrected chi connectivity index (χ3v) is 5.56. The summed E-state index contributed by atoms with van der Waals surface area (Å²) in [6, 6.07) is 4.27. The highest BCUT2D eigenvalue weighted by Crippen LogP contribution is 2.42. The van der Waals surface area contributed by atoms with Crippen LogP contribution in [0.5, 0.6) is 0 Å². The van der Waals surface area contributed by atoms with Crippen LogP contribution in [-0.2, 0) is 11.2 Å².